The molecule has 1 aromatic heterocycles. The lowest BCUT2D eigenvalue weighted by atomic mass is 9.84. The van der Waals surface area contributed by atoms with Crippen LogP contribution in [0.15, 0.2) is 24.3 Å². The standard InChI is InChI=1S/C15H22N2S/c1-15(2,3)13(16-4)9-10-14-17-11-7-5-6-8-12(11)18-14/h5-8,13,16H,9-10H2,1-4H3. The van der Waals surface area contributed by atoms with E-state index in [4.69, 9.17) is 4.98 Å². The van der Waals surface area contributed by atoms with E-state index in [0.717, 1.165) is 18.4 Å². The zero-order valence-corrected chi connectivity index (χ0v) is 12.5. The van der Waals surface area contributed by atoms with E-state index in [1.807, 2.05) is 18.4 Å². The van der Waals surface area contributed by atoms with Gasteiger partial charge in [0.1, 0.15) is 0 Å². The Labute approximate surface area is 113 Å². The summed E-state index contributed by atoms with van der Waals surface area (Å²) in [6, 6.07) is 8.90. The average molecular weight is 262 g/mol. The zero-order valence-electron chi connectivity index (χ0n) is 11.7. The van der Waals surface area contributed by atoms with Gasteiger partial charge in [-0.25, -0.2) is 4.98 Å². The van der Waals surface area contributed by atoms with Gasteiger partial charge >= 0.3 is 0 Å². The van der Waals surface area contributed by atoms with Crippen LogP contribution in [-0.4, -0.2) is 18.1 Å². The summed E-state index contributed by atoms with van der Waals surface area (Å²) in [5.74, 6) is 0. The Hall–Kier alpha value is -0.930. The lowest BCUT2D eigenvalue weighted by Gasteiger charge is -2.30. The van der Waals surface area contributed by atoms with E-state index >= 15 is 0 Å². The van der Waals surface area contributed by atoms with E-state index in [9.17, 15) is 0 Å². The molecule has 3 heteroatoms. The van der Waals surface area contributed by atoms with Crippen LogP contribution in [0.5, 0.6) is 0 Å². The highest BCUT2D eigenvalue weighted by Crippen LogP contribution is 2.26. The fraction of sp³-hybridized carbons (Fsp3) is 0.533. The van der Waals surface area contributed by atoms with Gasteiger partial charge in [-0.15, -0.1) is 11.3 Å². The summed E-state index contributed by atoms with van der Waals surface area (Å²) in [6.45, 7) is 6.85. The molecule has 0 aliphatic rings. The lowest BCUT2D eigenvalue weighted by Crippen LogP contribution is -2.38. The minimum Gasteiger partial charge on any atom is -0.316 e. The number of para-hydroxylation sites is 1. The molecule has 1 heterocycles. The molecule has 2 aromatic rings. The molecule has 2 rings (SSSR count). The fourth-order valence-corrected chi connectivity index (χ4v) is 3.29. The Morgan fingerprint density at radius 2 is 2.00 bits per heavy atom. The molecular weight excluding hydrogens is 240 g/mol. The molecule has 0 radical (unpaired) electrons. The Morgan fingerprint density at radius 1 is 1.28 bits per heavy atom. The number of aryl methyl sites for hydroxylation is 1. The fourth-order valence-electron chi connectivity index (χ4n) is 2.31. The number of benzene rings is 1. The van der Waals surface area contributed by atoms with Gasteiger partial charge in [0, 0.05) is 12.5 Å². The van der Waals surface area contributed by atoms with Crippen molar-refractivity contribution in [2.45, 2.75) is 39.7 Å². The van der Waals surface area contributed by atoms with Crippen molar-refractivity contribution < 1.29 is 0 Å². The van der Waals surface area contributed by atoms with E-state index in [-0.39, 0.29) is 0 Å². The third kappa shape index (κ3) is 3.09. The van der Waals surface area contributed by atoms with E-state index in [1.165, 1.54) is 9.71 Å². The van der Waals surface area contributed by atoms with Gasteiger partial charge in [-0.3, -0.25) is 0 Å². The summed E-state index contributed by atoms with van der Waals surface area (Å²) < 4.78 is 1.30. The van der Waals surface area contributed by atoms with E-state index in [1.54, 1.807) is 0 Å². The van der Waals surface area contributed by atoms with Gasteiger partial charge in [0.25, 0.3) is 0 Å². The van der Waals surface area contributed by atoms with Gasteiger partial charge < -0.3 is 5.32 Å². The number of thiazole rings is 1. The quantitative estimate of drug-likeness (QED) is 0.905. The first kappa shape index (κ1) is 13.5. The maximum absolute atomic E-state index is 4.69. The zero-order chi connectivity index (χ0) is 13.2. The SMILES string of the molecule is CNC(CCc1nc2ccccc2s1)C(C)(C)C. The first-order chi connectivity index (χ1) is 8.50. The second kappa shape index (κ2) is 5.37. The monoisotopic (exact) mass is 262 g/mol. The molecule has 0 fully saturated rings. The molecule has 0 spiro atoms. The first-order valence-corrected chi connectivity index (χ1v) is 7.34. The summed E-state index contributed by atoms with van der Waals surface area (Å²) in [5, 5.41) is 4.67. The summed E-state index contributed by atoms with van der Waals surface area (Å²) in [4.78, 5) is 4.69. The van der Waals surface area contributed by atoms with Crippen molar-refractivity contribution in [3.63, 3.8) is 0 Å². The van der Waals surface area contributed by atoms with Gasteiger partial charge in [-0.2, -0.15) is 0 Å². The molecule has 0 saturated carbocycles. The summed E-state index contributed by atoms with van der Waals surface area (Å²) >= 11 is 1.82. The third-order valence-corrected chi connectivity index (χ3v) is 4.48. The van der Waals surface area contributed by atoms with Crippen LogP contribution >= 0.6 is 11.3 Å². The molecule has 0 amide bonds. The van der Waals surface area contributed by atoms with Crippen molar-refractivity contribution in [2.24, 2.45) is 5.41 Å². The van der Waals surface area contributed by atoms with Crippen molar-refractivity contribution in [3.05, 3.63) is 29.3 Å². The minimum atomic E-state index is 0.297. The molecule has 18 heavy (non-hydrogen) atoms. The van der Waals surface area contributed by atoms with Crippen molar-refractivity contribution >= 4 is 21.6 Å². The molecule has 0 aliphatic carbocycles. The maximum atomic E-state index is 4.69. The molecule has 1 N–H and O–H groups in total. The summed E-state index contributed by atoms with van der Waals surface area (Å²) in [6.07, 6.45) is 2.20. The van der Waals surface area contributed by atoms with E-state index in [0.29, 0.717) is 11.5 Å². The largest absolute Gasteiger partial charge is 0.316 e. The topological polar surface area (TPSA) is 24.9 Å². The van der Waals surface area contributed by atoms with Crippen LogP contribution < -0.4 is 5.32 Å². The van der Waals surface area contributed by atoms with Crippen LogP contribution in [0.2, 0.25) is 0 Å². The van der Waals surface area contributed by atoms with Gasteiger partial charge in [0.05, 0.1) is 15.2 Å². The highest BCUT2D eigenvalue weighted by Gasteiger charge is 2.22. The molecule has 1 aromatic carbocycles. The van der Waals surface area contributed by atoms with Crippen molar-refractivity contribution in [3.8, 4) is 0 Å². The normalized spacial score (nSPS) is 14.0. The van der Waals surface area contributed by atoms with Crippen LogP contribution in [-0.2, 0) is 6.42 Å². The number of aromatic nitrogens is 1. The van der Waals surface area contributed by atoms with Crippen molar-refractivity contribution in [1.82, 2.24) is 10.3 Å². The van der Waals surface area contributed by atoms with Crippen LogP contribution in [0.3, 0.4) is 0 Å². The Bertz CT molecular complexity index is 477. The Morgan fingerprint density at radius 3 is 2.61 bits per heavy atom. The van der Waals surface area contributed by atoms with Gasteiger partial charge in [-0.05, 0) is 31.0 Å². The average Bonchev–Trinajstić information content (AvgIpc) is 2.70. The Kier molecular flexibility index (Phi) is 4.03. The van der Waals surface area contributed by atoms with Crippen LogP contribution in [0.1, 0.15) is 32.2 Å². The van der Waals surface area contributed by atoms with Crippen LogP contribution in [0.25, 0.3) is 10.2 Å². The number of fused-ring (bicyclic) bond motifs is 1. The lowest BCUT2D eigenvalue weighted by molar-refractivity contribution is 0.268. The minimum absolute atomic E-state index is 0.297. The predicted molar refractivity (Wildman–Crippen MR) is 80.2 cm³/mol. The molecule has 1 unspecified atom stereocenters. The van der Waals surface area contributed by atoms with Gasteiger partial charge in [0.2, 0.25) is 0 Å². The number of nitrogens with one attached hydrogen (secondary N) is 1. The maximum Gasteiger partial charge on any atom is 0.0939 e. The molecular formula is C15H22N2S. The highest BCUT2D eigenvalue weighted by molar-refractivity contribution is 7.18. The molecule has 98 valence electrons. The van der Waals surface area contributed by atoms with Crippen LogP contribution in [0.4, 0.5) is 0 Å². The number of hydrogen-bond donors (Lipinski definition) is 1. The summed E-state index contributed by atoms with van der Waals surface area (Å²) in [7, 11) is 2.05. The van der Waals surface area contributed by atoms with E-state index in [2.05, 4.69) is 50.4 Å². The van der Waals surface area contributed by atoms with E-state index < -0.39 is 0 Å². The predicted octanol–water partition coefficient (Wildman–Crippen LogP) is 3.86. The van der Waals surface area contributed by atoms with Gasteiger partial charge in [-0.1, -0.05) is 32.9 Å². The third-order valence-electron chi connectivity index (χ3n) is 3.38. The van der Waals surface area contributed by atoms with Gasteiger partial charge in [0.15, 0.2) is 0 Å². The van der Waals surface area contributed by atoms with Crippen LogP contribution in [0, 0.1) is 5.41 Å². The second-order valence-corrected chi connectivity index (χ2v) is 6.94. The highest BCUT2D eigenvalue weighted by atomic mass is 32.1. The molecule has 0 saturated heterocycles. The Balaban J connectivity index is 2.05. The number of nitrogens with zero attached hydrogens (tertiary/aromatic N) is 1. The van der Waals surface area contributed by atoms with Crippen molar-refractivity contribution in [1.29, 1.82) is 0 Å². The second-order valence-electron chi connectivity index (χ2n) is 5.82. The number of rotatable bonds is 4. The smallest absolute Gasteiger partial charge is 0.0939 e. The first-order valence-electron chi connectivity index (χ1n) is 6.52. The molecule has 0 bridgehead atoms. The van der Waals surface area contributed by atoms with Crippen molar-refractivity contribution in [2.75, 3.05) is 7.05 Å². The summed E-state index contributed by atoms with van der Waals surface area (Å²) in [5.41, 5.74) is 1.43. The molecule has 1 atom stereocenters. The number of hydrogen-bond acceptors (Lipinski definition) is 3. The molecule has 2 nitrogen and oxygen atoms in total. The molecule has 0 aliphatic heterocycles.